The Morgan fingerprint density at radius 3 is 2.38 bits per heavy atom. The SMILES string of the molecule is C.C=C1N(C)c2ccc(C(=O)OC)cc2C1(C)C.Cc1cc(=O)n(-c2cccc(S(=O)(=O)N=CN(C)C)c2)[nH]1. The van der Waals surface area contributed by atoms with E-state index in [2.05, 4.69) is 34.8 Å². The van der Waals surface area contributed by atoms with Crippen LogP contribution in [-0.2, 0) is 20.2 Å². The number of aromatic amines is 1. The molecule has 0 radical (unpaired) electrons. The van der Waals surface area contributed by atoms with Crippen LogP contribution in [0, 0.1) is 6.92 Å². The van der Waals surface area contributed by atoms with Crippen LogP contribution in [-0.4, -0.2) is 63.7 Å². The second kappa shape index (κ2) is 11.7. The predicted octanol–water partition coefficient (Wildman–Crippen LogP) is 4.10. The number of esters is 1. The van der Waals surface area contributed by atoms with E-state index in [1.807, 2.05) is 19.2 Å². The van der Waals surface area contributed by atoms with Gasteiger partial charge in [-0.3, -0.25) is 9.89 Å². The summed E-state index contributed by atoms with van der Waals surface area (Å²) < 4.78 is 33.8. The number of fused-ring (bicyclic) bond motifs is 1. The van der Waals surface area contributed by atoms with Crippen LogP contribution in [0.1, 0.15) is 42.9 Å². The van der Waals surface area contributed by atoms with Crippen LogP contribution in [0.5, 0.6) is 0 Å². The number of carbonyl (C=O) groups excluding carboxylic acids is 1. The third kappa shape index (κ3) is 6.48. The van der Waals surface area contributed by atoms with E-state index in [1.165, 1.54) is 41.2 Å². The Kier molecular flexibility index (Phi) is 9.35. The monoisotopic (exact) mass is 555 g/mol. The molecule has 0 fully saturated rings. The molecule has 3 aromatic rings. The summed E-state index contributed by atoms with van der Waals surface area (Å²) in [7, 11) is 2.95. The van der Waals surface area contributed by atoms with Gasteiger partial charge in [0.2, 0.25) is 0 Å². The van der Waals surface area contributed by atoms with Crippen molar-refractivity contribution in [2.45, 2.75) is 38.5 Å². The lowest BCUT2D eigenvalue weighted by Gasteiger charge is -2.22. The minimum absolute atomic E-state index is 0. The third-order valence-electron chi connectivity index (χ3n) is 6.22. The van der Waals surface area contributed by atoms with Gasteiger partial charge in [0.25, 0.3) is 15.6 Å². The molecule has 0 amide bonds. The quantitative estimate of drug-likeness (QED) is 0.286. The number of anilines is 1. The molecule has 0 aliphatic carbocycles. The smallest absolute Gasteiger partial charge is 0.337 e. The number of aromatic nitrogens is 2. The summed E-state index contributed by atoms with van der Waals surface area (Å²) in [6, 6.07) is 13.1. The number of hydrogen-bond acceptors (Lipinski definition) is 6. The minimum Gasteiger partial charge on any atom is -0.465 e. The number of likely N-dealkylation sites (N-methyl/N-ethyl adjacent to an activating group) is 1. The molecule has 10 nitrogen and oxygen atoms in total. The number of carbonyl (C=O) groups is 1. The number of methoxy groups -OCH3 is 1. The van der Waals surface area contributed by atoms with Crippen molar-refractivity contribution in [2.75, 3.05) is 33.2 Å². The molecule has 0 unspecified atom stereocenters. The number of sulfonamides is 1. The largest absolute Gasteiger partial charge is 0.465 e. The van der Waals surface area contributed by atoms with Gasteiger partial charge >= 0.3 is 5.97 Å². The van der Waals surface area contributed by atoms with Gasteiger partial charge in [-0.1, -0.05) is 33.9 Å². The fourth-order valence-corrected chi connectivity index (χ4v) is 4.95. The van der Waals surface area contributed by atoms with Crippen LogP contribution in [0.3, 0.4) is 0 Å². The molecule has 0 atom stereocenters. The molecule has 2 heterocycles. The molecule has 39 heavy (non-hydrogen) atoms. The lowest BCUT2D eigenvalue weighted by atomic mass is 9.84. The Balaban J connectivity index is 0.000000272. The maximum absolute atomic E-state index is 12.1. The first-order valence-electron chi connectivity index (χ1n) is 11.7. The standard InChI is InChI=1S/C14H17NO2.C13H16N4O3S.CH4/c1-9-14(2,3)11-8-10(13(16)17-5)6-7-12(11)15(9)4;1-10-7-13(18)17(15-10)11-5-4-6-12(8-11)21(19,20)14-9-16(2)3;/h6-8H,1H2,2-5H3;4-9,15H,1-3H3;1H4. The molecule has 0 saturated heterocycles. The number of ether oxygens (including phenoxy) is 1. The molecule has 4 rings (SSSR count). The molecular weight excluding hydrogens is 518 g/mol. The highest BCUT2D eigenvalue weighted by atomic mass is 32.2. The summed E-state index contributed by atoms with van der Waals surface area (Å²) in [4.78, 5) is 26.9. The van der Waals surface area contributed by atoms with E-state index in [9.17, 15) is 18.0 Å². The molecular formula is C28H37N5O5S. The average Bonchev–Trinajstić information content (AvgIpc) is 3.31. The summed E-state index contributed by atoms with van der Waals surface area (Å²) in [5, 5.41) is 2.85. The number of aryl methyl sites for hydroxylation is 1. The first-order chi connectivity index (χ1) is 17.7. The van der Waals surface area contributed by atoms with Gasteiger partial charge < -0.3 is 14.5 Å². The number of hydrogen-bond donors (Lipinski definition) is 1. The summed E-state index contributed by atoms with van der Waals surface area (Å²) in [5.74, 6) is -0.302. The van der Waals surface area contributed by atoms with E-state index in [4.69, 9.17) is 4.74 Å². The van der Waals surface area contributed by atoms with Crippen molar-refractivity contribution in [1.82, 2.24) is 14.7 Å². The fourth-order valence-electron chi connectivity index (χ4n) is 4.00. The van der Waals surface area contributed by atoms with Crippen LogP contribution in [0.4, 0.5) is 5.69 Å². The highest BCUT2D eigenvalue weighted by Gasteiger charge is 2.37. The van der Waals surface area contributed by atoms with E-state index in [-0.39, 0.29) is 29.3 Å². The van der Waals surface area contributed by atoms with E-state index in [0.717, 1.165) is 16.9 Å². The Labute approximate surface area is 230 Å². The molecule has 1 N–H and O–H groups in total. The first kappa shape index (κ1) is 31.1. The first-order valence-corrected chi connectivity index (χ1v) is 13.1. The van der Waals surface area contributed by atoms with Crippen LogP contribution >= 0.6 is 0 Å². The van der Waals surface area contributed by atoms with Gasteiger partial charge in [-0.25, -0.2) is 9.48 Å². The van der Waals surface area contributed by atoms with Gasteiger partial charge in [0.05, 0.1) is 23.3 Å². The zero-order chi connectivity index (χ0) is 28.4. The zero-order valence-corrected chi connectivity index (χ0v) is 23.5. The number of benzene rings is 2. The van der Waals surface area contributed by atoms with Gasteiger partial charge in [-0.15, -0.1) is 4.40 Å². The highest BCUT2D eigenvalue weighted by Crippen LogP contribution is 2.46. The Hall–Kier alpha value is -4.12. The van der Waals surface area contributed by atoms with Gasteiger partial charge in [0.1, 0.15) is 6.34 Å². The Morgan fingerprint density at radius 1 is 1.15 bits per heavy atom. The van der Waals surface area contributed by atoms with Crippen molar-refractivity contribution < 1.29 is 17.9 Å². The molecule has 11 heteroatoms. The van der Waals surface area contributed by atoms with E-state index in [0.29, 0.717) is 16.9 Å². The highest BCUT2D eigenvalue weighted by molar-refractivity contribution is 7.90. The van der Waals surface area contributed by atoms with Crippen LogP contribution < -0.4 is 10.5 Å². The summed E-state index contributed by atoms with van der Waals surface area (Å²) >= 11 is 0. The van der Waals surface area contributed by atoms with Crippen molar-refractivity contribution in [3.63, 3.8) is 0 Å². The van der Waals surface area contributed by atoms with Crippen molar-refractivity contribution in [3.05, 3.63) is 88.0 Å². The lowest BCUT2D eigenvalue weighted by molar-refractivity contribution is 0.0600. The zero-order valence-electron chi connectivity index (χ0n) is 22.6. The summed E-state index contributed by atoms with van der Waals surface area (Å²) in [6.07, 6.45) is 1.22. The molecule has 2 aromatic carbocycles. The molecule has 0 bridgehead atoms. The Morgan fingerprint density at radius 2 is 1.82 bits per heavy atom. The Bertz CT molecular complexity index is 1560. The average molecular weight is 556 g/mol. The topological polar surface area (TPSA) is 117 Å². The van der Waals surface area contributed by atoms with Gasteiger partial charge in [0, 0.05) is 49.7 Å². The lowest BCUT2D eigenvalue weighted by Crippen LogP contribution is -2.21. The van der Waals surface area contributed by atoms with E-state index < -0.39 is 10.0 Å². The van der Waals surface area contributed by atoms with Crippen LogP contribution in [0.25, 0.3) is 5.69 Å². The molecule has 0 saturated carbocycles. The van der Waals surface area contributed by atoms with Gasteiger partial charge in [-0.05, 0) is 48.9 Å². The second-order valence-electron chi connectivity index (χ2n) is 9.62. The molecule has 0 spiro atoms. The van der Waals surface area contributed by atoms with Crippen molar-refractivity contribution >= 4 is 28.0 Å². The normalized spacial score (nSPS) is 13.8. The molecule has 1 aliphatic rings. The number of nitrogens with zero attached hydrogens (tertiary/aromatic N) is 4. The summed E-state index contributed by atoms with van der Waals surface area (Å²) in [5.41, 5.74) is 4.58. The molecule has 1 aromatic heterocycles. The number of rotatable bonds is 5. The van der Waals surface area contributed by atoms with Crippen LogP contribution in [0.2, 0.25) is 0 Å². The molecule has 210 valence electrons. The predicted molar refractivity (Wildman–Crippen MR) is 156 cm³/mol. The number of nitrogens with one attached hydrogen (secondary N) is 1. The van der Waals surface area contributed by atoms with Crippen molar-refractivity contribution in [1.29, 1.82) is 0 Å². The van der Waals surface area contributed by atoms with Gasteiger partial charge in [-0.2, -0.15) is 8.42 Å². The van der Waals surface area contributed by atoms with Crippen molar-refractivity contribution in [3.8, 4) is 5.69 Å². The summed E-state index contributed by atoms with van der Waals surface area (Å²) in [6.45, 7) is 10.1. The molecule has 1 aliphatic heterocycles. The fraction of sp³-hybridized carbons (Fsp3) is 0.321. The van der Waals surface area contributed by atoms with Gasteiger partial charge in [0.15, 0.2) is 0 Å². The third-order valence-corrected chi connectivity index (χ3v) is 7.44. The minimum atomic E-state index is -3.79. The second-order valence-corrected chi connectivity index (χ2v) is 11.3. The number of H-pyrrole nitrogens is 1. The maximum atomic E-state index is 12.1. The van der Waals surface area contributed by atoms with E-state index in [1.54, 1.807) is 39.2 Å². The number of allylic oxidation sites excluding steroid dienone is 1. The van der Waals surface area contributed by atoms with Crippen molar-refractivity contribution in [2.24, 2.45) is 4.40 Å². The maximum Gasteiger partial charge on any atom is 0.337 e. The van der Waals surface area contributed by atoms with Crippen LogP contribution in [0.15, 0.2) is 74.9 Å². The van der Waals surface area contributed by atoms with E-state index >= 15 is 0 Å².